The van der Waals surface area contributed by atoms with E-state index in [1.54, 1.807) is 30.5 Å². The maximum Gasteiger partial charge on any atom is 0.262 e. The zero-order chi connectivity index (χ0) is 19.8. The van der Waals surface area contributed by atoms with Gasteiger partial charge in [0.15, 0.2) is 11.0 Å². The number of aryl methyl sites for hydroxylation is 2. The molecule has 144 valence electrons. The number of hydrogen-bond donors (Lipinski definition) is 1. The molecule has 0 saturated carbocycles. The fourth-order valence-electron chi connectivity index (χ4n) is 2.97. The summed E-state index contributed by atoms with van der Waals surface area (Å²) in [6.45, 7) is 3.68. The summed E-state index contributed by atoms with van der Waals surface area (Å²) in [6.07, 6.45) is 0.575. The minimum atomic E-state index is -0.416. The van der Waals surface area contributed by atoms with Gasteiger partial charge in [0, 0.05) is 13.1 Å². The highest BCUT2D eigenvalue weighted by molar-refractivity contribution is 8.00. The summed E-state index contributed by atoms with van der Waals surface area (Å²) in [4.78, 5) is 25.2. The van der Waals surface area contributed by atoms with Crippen LogP contribution in [0, 0.1) is 6.92 Å². The molecule has 4 rings (SSSR count). The quantitative estimate of drug-likeness (QED) is 0.514. The van der Waals surface area contributed by atoms with Crippen LogP contribution in [0.4, 0.5) is 5.82 Å². The number of aromatic nitrogens is 5. The maximum absolute atomic E-state index is 12.7. The molecule has 1 unspecified atom stereocenters. The Morgan fingerprint density at radius 1 is 1.32 bits per heavy atom. The second-order valence-corrected chi connectivity index (χ2v) is 7.50. The van der Waals surface area contributed by atoms with Crippen LogP contribution in [0.25, 0.3) is 16.7 Å². The third-order valence-corrected chi connectivity index (χ3v) is 5.69. The lowest BCUT2D eigenvalue weighted by molar-refractivity contribution is -0.115. The second kappa shape index (κ2) is 7.12. The molecule has 0 spiro atoms. The van der Waals surface area contributed by atoms with E-state index in [1.807, 2.05) is 25.1 Å². The van der Waals surface area contributed by atoms with Gasteiger partial charge >= 0.3 is 0 Å². The number of amides is 1. The van der Waals surface area contributed by atoms with E-state index in [9.17, 15) is 9.59 Å². The number of nitrogens with one attached hydrogen (secondary N) is 1. The molecule has 9 nitrogen and oxygen atoms in total. The molecule has 3 heterocycles. The zero-order valence-corrected chi connectivity index (χ0v) is 16.4. The largest absolute Gasteiger partial charge is 0.360 e. The van der Waals surface area contributed by atoms with Gasteiger partial charge in [-0.05, 0) is 25.5 Å². The Morgan fingerprint density at radius 3 is 2.82 bits per heavy atom. The summed E-state index contributed by atoms with van der Waals surface area (Å²) in [6, 6.07) is 8.94. The van der Waals surface area contributed by atoms with Gasteiger partial charge in [0.2, 0.25) is 11.7 Å². The van der Waals surface area contributed by atoms with E-state index in [1.165, 1.54) is 16.3 Å². The second-order valence-electron chi connectivity index (χ2n) is 6.33. The number of anilines is 1. The smallest absolute Gasteiger partial charge is 0.262 e. The van der Waals surface area contributed by atoms with Crippen molar-refractivity contribution in [2.45, 2.75) is 30.7 Å². The van der Waals surface area contributed by atoms with Crippen molar-refractivity contribution in [2.24, 2.45) is 7.05 Å². The van der Waals surface area contributed by atoms with E-state index in [4.69, 9.17) is 4.52 Å². The van der Waals surface area contributed by atoms with Crippen molar-refractivity contribution in [3.8, 4) is 0 Å². The monoisotopic (exact) mass is 398 g/mol. The molecule has 0 aliphatic rings. The molecule has 0 radical (unpaired) electrons. The van der Waals surface area contributed by atoms with Crippen LogP contribution in [0.1, 0.15) is 19.1 Å². The Kier molecular flexibility index (Phi) is 4.63. The van der Waals surface area contributed by atoms with Gasteiger partial charge in [0.1, 0.15) is 5.76 Å². The molecule has 0 saturated heterocycles. The van der Waals surface area contributed by atoms with Crippen LogP contribution in [-0.2, 0) is 11.8 Å². The van der Waals surface area contributed by atoms with E-state index in [0.29, 0.717) is 39.8 Å². The van der Waals surface area contributed by atoms with Crippen LogP contribution in [0.3, 0.4) is 0 Å². The van der Waals surface area contributed by atoms with Crippen molar-refractivity contribution >= 4 is 40.2 Å². The van der Waals surface area contributed by atoms with Gasteiger partial charge in [-0.3, -0.25) is 18.6 Å². The molecule has 0 aliphatic carbocycles. The highest BCUT2D eigenvalue weighted by atomic mass is 32.2. The van der Waals surface area contributed by atoms with Crippen molar-refractivity contribution in [3.63, 3.8) is 0 Å². The summed E-state index contributed by atoms with van der Waals surface area (Å²) < 4.78 is 8.24. The van der Waals surface area contributed by atoms with Gasteiger partial charge in [-0.2, -0.15) is 0 Å². The predicted molar refractivity (Wildman–Crippen MR) is 106 cm³/mol. The number of thioether (sulfide) groups is 1. The summed E-state index contributed by atoms with van der Waals surface area (Å²) in [5.41, 5.74) is 0.564. The van der Waals surface area contributed by atoms with Gasteiger partial charge in [0.25, 0.3) is 5.56 Å². The first-order valence-electron chi connectivity index (χ1n) is 8.73. The average Bonchev–Trinajstić information content (AvgIpc) is 3.30. The summed E-state index contributed by atoms with van der Waals surface area (Å²) in [5.74, 6) is 1.22. The Hall–Kier alpha value is -3.14. The highest BCUT2D eigenvalue weighted by Gasteiger charge is 2.23. The maximum atomic E-state index is 12.7. The minimum absolute atomic E-state index is 0.141. The number of benzene rings is 1. The van der Waals surface area contributed by atoms with Gasteiger partial charge in [-0.15, -0.1) is 10.2 Å². The molecule has 10 heteroatoms. The molecular weight excluding hydrogens is 380 g/mol. The Labute approximate surface area is 163 Å². The molecule has 4 aromatic rings. The minimum Gasteiger partial charge on any atom is -0.360 e. The molecule has 28 heavy (non-hydrogen) atoms. The molecule has 0 fully saturated rings. The predicted octanol–water partition coefficient (Wildman–Crippen LogP) is 2.39. The van der Waals surface area contributed by atoms with Gasteiger partial charge in [-0.1, -0.05) is 36.0 Å². The lowest BCUT2D eigenvalue weighted by atomic mass is 10.2. The van der Waals surface area contributed by atoms with E-state index >= 15 is 0 Å². The number of nitrogens with zero attached hydrogens (tertiary/aromatic N) is 5. The highest BCUT2D eigenvalue weighted by Crippen LogP contribution is 2.27. The Morgan fingerprint density at radius 2 is 2.11 bits per heavy atom. The van der Waals surface area contributed by atoms with Gasteiger partial charge < -0.3 is 9.84 Å². The number of rotatable bonds is 5. The lowest BCUT2D eigenvalue weighted by Crippen LogP contribution is -2.25. The molecule has 0 bridgehead atoms. The van der Waals surface area contributed by atoms with Gasteiger partial charge in [-0.25, -0.2) is 0 Å². The van der Waals surface area contributed by atoms with Crippen LogP contribution in [0.5, 0.6) is 0 Å². The zero-order valence-electron chi connectivity index (χ0n) is 15.5. The van der Waals surface area contributed by atoms with Crippen LogP contribution < -0.4 is 10.9 Å². The van der Waals surface area contributed by atoms with Crippen LogP contribution in [0.15, 0.2) is 44.8 Å². The molecular formula is C18H18N6O3S. The average molecular weight is 398 g/mol. The topological polar surface area (TPSA) is 107 Å². The first-order valence-corrected chi connectivity index (χ1v) is 9.61. The molecule has 1 aromatic carbocycles. The third-order valence-electron chi connectivity index (χ3n) is 4.39. The van der Waals surface area contributed by atoms with Crippen molar-refractivity contribution in [3.05, 3.63) is 46.4 Å². The molecule has 1 atom stereocenters. The summed E-state index contributed by atoms with van der Waals surface area (Å²) >= 11 is 1.29. The standard InChI is InChI=1S/C18H18N6O3S/c1-4-13(15(25)19-14-9-10(2)27-22-14)28-18-21-20-17-23(3)16(26)11-7-5-6-8-12(11)24(17)18/h5-9,13H,4H2,1-3H3,(H,19,22,25). The number of hydrogen-bond acceptors (Lipinski definition) is 7. The number of carbonyl (C=O) groups is 1. The van der Waals surface area contributed by atoms with Crippen LogP contribution in [0.2, 0.25) is 0 Å². The van der Waals surface area contributed by atoms with E-state index in [2.05, 4.69) is 20.7 Å². The van der Waals surface area contributed by atoms with E-state index < -0.39 is 5.25 Å². The number of fused-ring (bicyclic) bond motifs is 3. The first kappa shape index (κ1) is 18.2. The summed E-state index contributed by atoms with van der Waals surface area (Å²) in [7, 11) is 1.66. The normalized spacial score (nSPS) is 12.5. The van der Waals surface area contributed by atoms with Crippen LogP contribution >= 0.6 is 11.8 Å². The van der Waals surface area contributed by atoms with Crippen molar-refractivity contribution in [2.75, 3.05) is 5.32 Å². The van der Waals surface area contributed by atoms with E-state index in [0.717, 1.165) is 0 Å². The van der Waals surface area contributed by atoms with Crippen molar-refractivity contribution in [1.29, 1.82) is 0 Å². The number of para-hydroxylation sites is 1. The Balaban J connectivity index is 1.72. The fourth-order valence-corrected chi connectivity index (χ4v) is 3.93. The lowest BCUT2D eigenvalue weighted by Gasteiger charge is -2.13. The first-order chi connectivity index (χ1) is 13.5. The fraction of sp³-hybridized carbons (Fsp3) is 0.278. The summed E-state index contributed by atoms with van der Waals surface area (Å²) in [5, 5.41) is 15.6. The Bertz CT molecular complexity index is 1240. The molecule has 1 amide bonds. The molecule has 3 aromatic heterocycles. The number of carbonyl (C=O) groups excluding carboxylic acids is 1. The molecule has 0 aliphatic heterocycles. The van der Waals surface area contributed by atoms with E-state index in [-0.39, 0.29) is 11.5 Å². The van der Waals surface area contributed by atoms with Gasteiger partial charge in [0.05, 0.1) is 16.2 Å². The van der Waals surface area contributed by atoms with Crippen LogP contribution in [-0.4, -0.2) is 35.5 Å². The van der Waals surface area contributed by atoms with Crippen molar-refractivity contribution in [1.82, 2.24) is 24.3 Å². The van der Waals surface area contributed by atoms with Crippen molar-refractivity contribution < 1.29 is 9.32 Å². The molecule has 1 N–H and O–H groups in total. The SMILES string of the molecule is CCC(Sc1nnc2n(C)c(=O)c3ccccc3n12)C(=O)Nc1cc(C)on1. The third kappa shape index (κ3) is 3.05.